The largest absolute Gasteiger partial charge is 0.393 e. The van der Waals surface area contributed by atoms with Crippen molar-refractivity contribution in [3.63, 3.8) is 0 Å². The van der Waals surface area contributed by atoms with Crippen LogP contribution in [-0.2, 0) is 0 Å². The van der Waals surface area contributed by atoms with E-state index in [0.29, 0.717) is 4.99 Å². The maximum atomic E-state index is 5.74. The second-order valence-electron chi connectivity index (χ2n) is 5.62. The van der Waals surface area contributed by atoms with Gasteiger partial charge in [-0.25, -0.2) is 0 Å². The van der Waals surface area contributed by atoms with E-state index in [0.717, 1.165) is 12.5 Å². The topological polar surface area (TPSA) is 29.3 Å². The van der Waals surface area contributed by atoms with Crippen LogP contribution in [0.1, 0.15) is 52.9 Å². The Morgan fingerprint density at radius 3 is 2.44 bits per heavy atom. The highest BCUT2D eigenvalue weighted by Gasteiger charge is 2.28. The van der Waals surface area contributed by atoms with Crippen LogP contribution in [0.2, 0.25) is 0 Å². The van der Waals surface area contributed by atoms with Gasteiger partial charge in [0, 0.05) is 11.5 Å². The summed E-state index contributed by atoms with van der Waals surface area (Å²) in [5, 5.41) is 0. The molecule has 0 aromatic carbocycles. The molecule has 0 aromatic rings. The zero-order valence-corrected chi connectivity index (χ0v) is 11.8. The average Bonchev–Trinajstić information content (AvgIpc) is 2.99. The van der Waals surface area contributed by atoms with E-state index in [1.165, 1.54) is 38.8 Å². The summed E-state index contributed by atoms with van der Waals surface area (Å²) < 4.78 is 0. The lowest BCUT2D eigenvalue weighted by molar-refractivity contribution is 0.249. The second kappa shape index (κ2) is 5.97. The van der Waals surface area contributed by atoms with Gasteiger partial charge in [0.2, 0.25) is 0 Å². The van der Waals surface area contributed by atoms with Crippen molar-refractivity contribution in [2.75, 3.05) is 13.1 Å². The van der Waals surface area contributed by atoms with Crippen LogP contribution in [-0.4, -0.2) is 29.0 Å². The Balaban J connectivity index is 2.24. The number of hydrogen-bond acceptors (Lipinski definition) is 2. The SMILES string of the molecule is CCCN(CCCC(C)(C)C(N)=S)C1CC1. The van der Waals surface area contributed by atoms with Gasteiger partial charge in [-0.05, 0) is 45.2 Å². The lowest BCUT2D eigenvalue weighted by Gasteiger charge is -2.26. The fourth-order valence-electron chi connectivity index (χ4n) is 2.05. The molecule has 2 nitrogen and oxygen atoms in total. The van der Waals surface area contributed by atoms with Gasteiger partial charge in [0.1, 0.15) is 0 Å². The molecule has 0 aromatic heterocycles. The molecule has 0 heterocycles. The van der Waals surface area contributed by atoms with Gasteiger partial charge < -0.3 is 10.6 Å². The maximum Gasteiger partial charge on any atom is 0.0784 e. The van der Waals surface area contributed by atoms with E-state index in [9.17, 15) is 0 Å². The highest BCUT2D eigenvalue weighted by atomic mass is 32.1. The fourth-order valence-corrected chi connectivity index (χ4v) is 2.15. The summed E-state index contributed by atoms with van der Waals surface area (Å²) in [5.41, 5.74) is 5.76. The standard InChI is InChI=1S/C13H26N2S/c1-4-9-15(11-6-7-11)10-5-8-13(2,3)12(14)16/h11H,4-10H2,1-3H3,(H2,14,16). The summed E-state index contributed by atoms with van der Waals surface area (Å²) in [6.07, 6.45) is 6.38. The normalized spacial score (nSPS) is 16.8. The van der Waals surface area contributed by atoms with Gasteiger partial charge in [-0.3, -0.25) is 0 Å². The van der Waals surface area contributed by atoms with Gasteiger partial charge in [-0.2, -0.15) is 0 Å². The number of hydrogen-bond donors (Lipinski definition) is 1. The summed E-state index contributed by atoms with van der Waals surface area (Å²) in [5.74, 6) is 0. The Morgan fingerprint density at radius 1 is 1.38 bits per heavy atom. The third-order valence-electron chi connectivity index (χ3n) is 3.49. The fraction of sp³-hybridized carbons (Fsp3) is 0.923. The molecule has 16 heavy (non-hydrogen) atoms. The molecule has 0 atom stereocenters. The third kappa shape index (κ3) is 4.38. The minimum atomic E-state index is 0.0246. The molecule has 0 amide bonds. The van der Waals surface area contributed by atoms with E-state index in [2.05, 4.69) is 25.7 Å². The first-order valence-corrected chi connectivity index (χ1v) is 6.92. The van der Waals surface area contributed by atoms with Crippen LogP contribution in [0.3, 0.4) is 0 Å². The molecule has 1 aliphatic rings. The van der Waals surface area contributed by atoms with Crippen molar-refractivity contribution in [1.82, 2.24) is 4.90 Å². The first kappa shape index (κ1) is 13.9. The van der Waals surface area contributed by atoms with Crippen molar-refractivity contribution >= 4 is 17.2 Å². The molecular formula is C13H26N2S. The molecule has 0 radical (unpaired) electrons. The van der Waals surface area contributed by atoms with Crippen molar-refractivity contribution in [2.45, 2.75) is 58.9 Å². The molecule has 0 saturated heterocycles. The molecule has 94 valence electrons. The Kier molecular flexibility index (Phi) is 5.19. The van der Waals surface area contributed by atoms with E-state index < -0.39 is 0 Å². The molecule has 2 N–H and O–H groups in total. The lowest BCUT2D eigenvalue weighted by atomic mass is 9.88. The molecule has 0 unspecified atom stereocenters. The van der Waals surface area contributed by atoms with Crippen LogP contribution < -0.4 is 5.73 Å². The summed E-state index contributed by atoms with van der Waals surface area (Å²) in [6, 6.07) is 0.882. The molecule has 3 heteroatoms. The lowest BCUT2D eigenvalue weighted by Crippen LogP contribution is -2.32. The predicted molar refractivity (Wildman–Crippen MR) is 74.7 cm³/mol. The number of thiocarbonyl (C=S) groups is 1. The minimum Gasteiger partial charge on any atom is -0.393 e. The van der Waals surface area contributed by atoms with Gasteiger partial charge in [0.15, 0.2) is 0 Å². The summed E-state index contributed by atoms with van der Waals surface area (Å²) in [6.45, 7) is 9.02. The number of rotatable bonds is 8. The van der Waals surface area contributed by atoms with E-state index in [-0.39, 0.29) is 5.41 Å². The molecule has 1 fully saturated rings. The molecule has 1 saturated carbocycles. The summed E-state index contributed by atoms with van der Waals surface area (Å²) in [4.78, 5) is 3.29. The van der Waals surface area contributed by atoms with E-state index in [4.69, 9.17) is 18.0 Å². The van der Waals surface area contributed by atoms with Crippen LogP contribution in [0, 0.1) is 5.41 Å². The quantitative estimate of drug-likeness (QED) is 0.664. The van der Waals surface area contributed by atoms with Gasteiger partial charge in [-0.15, -0.1) is 0 Å². The van der Waals surface area contributed by atoms with Gasteiger partial charge in [0.05, 0.1) is 4.99 Å². The van der Waals surface area contributed by atoms with E-state index >= 15 is 0 Å². The molecular weight excluding hydrogens is 216 g/mol. The predicted octanol–water partition coefficient (Wildman–Crippen LogP) is 2.95. The Labute approximate surface area is 106 Å². The smallest absolute Gasteiger partial charge is 0.0784 e. The monoisotopic (exact) mass is 242 g/mol. The van der Waals surface area contributed by atoms with Crippen LogP contribution in [0.5, 0.6) is 0 Å². The minimum absolute atomic E-state index is 0.0246. The van der Waals surface area contributed by atoms with E-state index in [1.54, 1.807) is 0 Å². The highest BCUT2D eigenvalue weighted by Crippen LogP contribution is 2.28. The Morgan fingerprint density at radius 2 is 2.00 bits per heavy atom. The van der Waals surface area contributed by atoms with Crippen LogP contribution >= 0.6 is 12.2 Å². The highest BCUT2D eigenvalue weighted by molar-refractivity contribution is 7.80. The number of nitrogens with two attached hydrogens (primary N) is 1. The summed E-state index contributed by atoms with van der Waals surface area (Å²) >= 11 is 5.09. The molecule has 1 aliphatic carbocycles. The maximum absolute atomic E-state index is 5.74. The number of nitrogens with zero attached hydrogens (tertiary/aromatic N) is 1. The Bertz CT molecular complexity index is 234. The first-order chi connectivity index (χ1) is 7.47. The second-order valence-corrected chi connectivity index (χ2v) is 6.06. The van der Waals surface area contributed by atoms with Crippen molar-refractivity contribution < 1.29 is 0 Å². The van der Waals surface area contributed by atoms with Gasteiger partial charge >= 0.3 is 0 Å². The zero-order valence-electron chi connectivity index (χ0n) is 11.0. The van der Waals surface area contributed by atoms with Crippen molar-refractivity contribution in [1.29, 1.82) is 0 Å². The van der Waals surface area contributed by atoms with Crippen molar-refractivity contribution in [2.24, 2.45) is 11.1 Å². The molecule has 1 rings (SSSR count). The van der Waals surface area contributed by atoms with Crippen LogP contribution in [0.25, 0.3) is 0 Å². The summed E-state index contributed by atoms with van der Waals surface area (Å²) in [7, 11) is 0. The zero-order chi connectivity index (χ0) is 12.2. The van der Waals surface area contributed by atoms with Crippen LogP contribution in [0.15, 0.2) is 0 Å². The molecule has 0 spiro atoms. The first-order valence-electron chi connectivity index (χ1n) is 6.51. The van der Waals surface area contributed by atoms with E-state index in [1.807, 2.05) is 0 Å². The van der Waals surface area contributed by atoms with Crippen molar-refractivity contribution in [3.8, 4) is 0 Å². The van der Waals surface area contributed by atoms with Gasteiger partial charge in [-0.1, -0.05) is 33.0 Å². The van der Waals surface area contributed by atoms with Crippen molar-refractivity contribution in [3.05, 3.63) is 0 Å². The molecule has 0 bridgehead atoms. The Hall–Kier alpha value is -0.150. The average molecular weight is 242 g/mol. The van der Waals surface area contributed by atoms with Gasteiger partial charge in [0.25, 0.3) is 0 Å². The third-order valence-corrected chi connectivity index (χ3v) is 4.04. The van der Waals surface area contributed by atoms with Crippen LogP contribution in [0.4, 0.5) is 0 Å². The molecule has 0 aliphatic heterocycles.